The third-order valence-electron chi connectivity index (χ3n) is 5.80. The summed E-state index contributed by atoms with van der Waals surface area (Å²) in [7, 11) is 3.18. The van der Waals surface area contributed by atoms with Gasteiger partial charge in [0.25, 0.3) is 5.91 Å². The second-order valence-corrected chi connectivity index (χ2v) is 9.32. The van der Waals surface area contributed by atoms with E-state index in [1.54, 1.807) is 31.3 Å². The predicted molar refractivity (Wildman–Crippen MR) is 138 cm³/mol. The number of anilines is 1. The van der Waals surface area contributed by atoms with Gasteiger partial charge in [-0.1, -0.05) is 29.0 Å². The number of morpholine rings is 1. The Hall–Kier alpha value is -2.65. The fourth-order valence-electron chi connectivity index (χ4n) is 3.78. The molecule has 34 heavy (non-hydrogen) atoms. The van der Waals surface area contributed by atoms with Crippen molar-refractivity contribution in [2.45, 2.75) is 6.92 Å². The fourth-order valence-corrected chi connectivity index (χ4v) is 4.99. The van der Waals surface area contributed by atoms with Gasteiger partial charge in [-0.3, -0.25) is 14.6 Å². The SMILES string of the molecule is COc1ccc(/C=C/C(=O)N(CCN2CCOCC2)c2nc3c(C)c(Cl)ccc3s2)cc1OC. The number of benzene rings is 2. The molecule has 0 unspecified atom stereocenters. The van der Waals surface area contributed by atoms with Crippen LogP contribution in [0.25, 0.3) is 16.3 Å². The number of carbonyl (C=O) groups is 1. The number of methoxy groups -OCH3 is 2. The first-order valence-electron chi connectivity index (χ1n) is 11.1. The third kappa shape index (κ3) is 5.52. The van der Waals surface area contributed by atoms with E-state index in [4.69, 9.17) is 30.8 Å². The van der Waals surface area contributed by atoms with Crippen molar-refractivity contribution in [3.8, 4) is 11.5 Å². The lowest BCUT2D eigenvalue weighted by Gasteiger charge is -2.28. The predicted octanol–water partition coefficient (Wildman–Crippen LogP) is 4.65. The molecule has 3 aromatic rings. The maximum Gasteiger partial charge on any atom is 0.252 e. The zero-order valence-electron chi connectivity index (χ0n) is 19.5. The van der Waals surface area contributed by atoms with Crippen molar-refractivity contribution in [3.05, 3.63) is 52.6 Å². The van der Waals surface area contributed by atoms with Gasteiger partial charge in [0.15, 0.2) is 16.6 Å². The second kappa shape index (κ2) is 11.2. The topological polar surface area (TPSA) is 64.1 Å². The Morgan fingerprint density at radius 3 is 2.71 bits per heavy atom. The van der Waals surface area contributed by atoms with Crippen molar-refractivity contribution >= 4 is 50.3 Å². The summed E-state index contributed by atoms with van der Waals surface area (Å²) in [5, 5.41) is 1.33. The first kappa shape index (κ1) is 24.5. The summed E-state index contributed by atoms with van der Waals surface area (Å²) in [4.78, 5) is 22.2. The van der Waals surface area contributed by atoms with Crippen molar-refractivity contribution in [1.29, 1.82) is 0 Å². The van der Waals surface area contributed by atoms with Crippen molar-refractivity contribution in [1.82, 2.24) is 9.88 Å². The monoisotopic (exact) mass is 501 g/mol. The summed E-state index contributed by atoms with van der Waals surface area (Å²) in [6.07, 6.45) is 3.36. The van der Waals surface area contributed by atoms with Crippen LogP contribution in [0, 0.1) is 6.92 Å². The van der Waals surface area contributed by atoms with E-state index >= 15 is 0 Å². The molecule has 0 saturated carbocycles. The highest BCUT2D eigenvalue weighted by atomic mass is 35.5. The van der Waals surface area contributed by atoms with Crippen molar-refractivity contribution < 1.29 is 19.0 Å². The van der Waals surface area contributed by atoms with Crippen LogP contribution < -0.4 is 14.4 Å². The van der Waals surface area contributed by atoms with Gasteiger partial charge in [-0.2, -0.15) is 0 Å². The van der Waals surface area contributed by atoms with Gasteiger partial charge in [0.2, 0.25) is 0 Å². The molecule has 0 bridgehead atoms. The Morgan fingerprint density at radius 1 is 1.21 bits per heavy atom. The fraction of sp³-hybridized carbons (Fsp3) is 0.360. The number of amides is 1. The molecule has 1 aliphatic rings. The molecule has 7 nitrogen and oxygen atoms in total. The maximum absolute atomic E-state index is 13.4. The Morgan fingerprint density at radius 2 is 1.97 bits per heavy atom. The summed E-state index contributed by atoms with van der Waals surface area (Å²) in [6.45, 7) is 6.37. The van der Waals surface area contributed by atoms with Gasteiger partial charge < -0.3 is 14.2 Å². The largest absolute Gasteiger partial charge is 0.493 e. The van der Waals surface area contributed by atoms with E-state index in [0.717, 1.165) is 41.0 Å². The number of ether oxygens (including phenoxy) is 3. The van der Waals surface area contributed by atoms with Gasteiger partial charge in [0.05, 0.1) is 37.6 Å². The van der Waals surface area contributed by atoms with Gasteiger partial charge >= 0.3 is 0 Å². The highest BCUT2D eigenvalue weighted by Gasteiger charge is 2.21. The van der Waals surface area contributed by atoms with Gasteiger partial charge in [-0.05, 0) is 48.4 Å². The molecule has 1 fully saturated rings. The van der Waals surface area contributed by atoms with E-state index in [-0.39, 0.29) is 5.91 Å². The van der Waals surface area contributed by atoms with Crippen LogP contribution in [-0.4, -0.2) is 69.4 Å². The number of fused-ring (bicyclic) bond motifs is 1. The van der Waals surface area contributed by atoms with Crippen molar-refractivity contribution in [3.63, 3.8) is 0 Å². The summed E-state index contributed by atoms with van der Waals surface area (Å²) < 4.78 is 17.1. The van der Waals surface area contributed by atoms with Crippen LogP contribution in [0.4, 0.5) is 5.13 Å². The van der Waals surface area contributed by atoms with Crippen LogP contribution in [0.1, 0.15) is 11.1 Å². The van der Waals surface area contributed by atoms with Crippen LogP contribution in [0.3, 0.4) is 0 Å². The van der Waals surface area contributed by atoms with E-state index < -0.39 is 0 Å². The molecule has 2 heterocycles. The summed E-state index contributed by atoms with van der Waals surface area (Å²) >= 11 is 7.80. The molecule has 180 valence electrons. The van der Waals surface area contributed by atoms with E-state index in [2.05, 4.69) is 4.90 Å². The molecule has 1 aliphatic heterocycles. The Kier molecular flexibility index (Phi) is 8.05. The van der Waals surface area contributed by atoms with E-state index in [1.807, 2.05) is 37.3 Å². The number of halogens is 1. The standard InChI is InChI=1S/C25H28ClN3O4S/c1-17-19(26)6-8-22-24(17)27-25(34-22)29(11-10-28-12-14-33-15-13-28)23(30)9-5-18-4-7-20(31-2)21(16-18)32-3/h4-9,16H,10-15H2,1-3H3/b9-5+. The van der Waals surface area contributed by atoms with Crippen LogP contribution in [0.15, 0.2) is 36.4 Å². The Bertz CT molecular complexity index is 1190. The first-order chi connectivity index (χ1) is 16.5. The lowest BCUT2D eigenvalue weighted by atomic mass is 10.2. The zero-order chi connectivity index (χ0) is 24.1. The lowest BCUT2D eigenvalue weighted by Crippen LogP contribution is -2.42. The number of nitrogens with zero attached hydrogens (tertiary/aromatic N) is 3. The van der Waals surface area contributed by atoms with Gasteiger partial charge in [-0.25, -0.2) is 4.98 Å². The second-order valence-electron chi connectivity index (χ2n) is 7.91. The minimum absolute atomic E-state index is 0.133. The third-order valence-corrected chi connectivity index (χ3v) is 7.26. The molecule has 9 heteroatoms. The molecule has 0 aliphatic carbocycles. The summed E-state index contributed by atoms with van der Waals surface area (Å²) in [6, 6.07) is 9.36. The summed E-state index contributed by atoms with van der Waals surface area (Å²) in [5.74, 6) is 1.12. The highest BCUT2D eigenvalue weighted by Crippen LogP contribution is 2.34. The number of aromatic nitrogens is 1. The van der Waals surface area contributed by atoms with Crippen LogP contribution in [-0.2, 0) is 9.53 Å². The quantitative estimate of drug-likeness (QED) is 0.418. The molecule has 2 aromatic carbocycles. The molecular formula is C25H28ClN3O4S. The van der Waals surface area contributed by atoms with Crippen molar-refractivity contribution in [2.24, 2.45) is 0 Å². The van der Waals surface area contributed by atoms with E-state index in [9.17, 15) is 4.79 Å². The van der Waals surface area contributed by atoms with E-state index in [1.165, 1.54) is 11.3 Å². The number of hydrogen-bond donors (Lipinski definition) is 0. The van der Waals surface area contributed by atoms with Crippen LogP contribution in [0.2, 0.25) is 5.02 Å². The van der Waals surface area contributed by atoms with E-state index in [0.29, 0.717) is 41.4 Å². The molecular weight excluding hydrogens is 474 g/mol. The molecule has 0 radical (unpaired) electrons. The minimum Gasteiger partial charge on any atom is -0.493 e. The van der Waals surface area contributed by atoms with Crippen LogP contribution in [0.5, 0.6) is 11.5 Å². The Labute approximate surface area is 208 Å². The van der Waals surface area contributed by atoms with Gasteiger partial charge in [0, 0.05) is 37.3 Å². The smallest absolute Gasteiger partial charge is 0.252 e. The average molecular weight is 502 g/mol. The molecule has 1 aromatic heterocycles. The zero-order valence-corrected chi connectivity index (χ0v) is 21.1. The maximum atomic E-state index is 13.4. The number of thiazole rings is 1. The molecule has 1 saturated heterocycles. The number of hydrogen-bond acceptors (Lipinski definition) is 7. The molecule has 4 rings (SSSR count). The lowest BCUT2D eigenvalue weighted by molar-refractivity contribution is -0.114. The molecule has 0 spiro atoms. The normalized spacial score (nSPS) is 14.6. The molecule has 1 amide bonds. The highest BCUT2D eigenvalue weighted by molar-refractivity contribution is 7.22. The molecule has 0 atom stereocenters. The minimum atomic E-state index is -0.133. The van der Waals surface area contributed by atoms with Crippen molar-refractivity contribution in [2.75, 3.05) is 58.5 Å². The van der Waals surface area contributed by atoms with Crippen LogP contribution >= 0.6 is 22.9 Å². The summed E-state index contributed by atoms with van der Waals surface area (Å²) in [5.41, 5.74) is 2.59. The Balaban J connectivity index is 1.60. The van der Waals surface area contributed by atoms with Gasteiger partial charge in [0.1, 0.15) is 0 Å². The molecule has 0 N–H and O–H groups in total. The first-order valence-corrected chi connectivity index (χ1v) is 12.3. The number of rotatable bonds is 8. The average Bonchev–Trinajstić information content (AvgIpc) is 3.30. The number of aryl methyl sites for hydroxylation is 1. The number of carbonyl (C=O) groups excluding carboxylic acids is 1. The van der Waals surface area contributed by atoms with Gasteiger partial charge in [-0.15, -0.1) is 0 Å².